The molecule has 3 atom stereocenters. The second kappa shape index (κ2) is 7.45. The molecule has 148 valence electrons. The Morgan fingerprint density at radius 1 is 1.14 bits per heavy atom. The Balaban J connectivity index is 1.61. The van der Waals surface area contributed by atoms with Crippen LogP contribution in [0.2, 0.25) is 0 Å². The third kappa shape index (κ3) is 3.45. The number of hydrogen-bond donors (Lipinski definition) is 2. The summed E-state index contributed by atoms with van der Waals surface area (Å²) in [5.74, 6) is 0.586. The molecule has 0 unspecified atom stereocenters. The van der Waals surface area contributed by atoms with Gasteiger partial charge < -0.3 is 24.1 Å². The van der Waals surface area contributed by atoms with Crippen molar-refractivity contribution in [1.29, 1.82) is 0 Å². The standard InChI is InChI=1S/C22H26N2O4/c1-13-11-24(12-14(2)27-13)15(3)22(25)23-18-10-20-17(9-21(18)26-4)16-7-5-6-8-19(16)28-20/h5-10,13-15H,11-12H2,1-4H3,(H,23,25)/p+1/t13-,14-,15+/m1/s1. The van der Waals surface area contributed by atoms with Crippen LogP contribution in [0.4, 0.5) is 5.69 Å². The molecule has 4 rings (SSSR count). The number of hydrogen-bond acceptors (Lipinski definition) is 4. The van der Waals surface area contributed by atoms with Crippen molar-refractivity contribution in [2.45, 2.75) is 39.0 Å². The van der Waals surface area contributed by atoms with Crippen molar-refractivity contribution in [3.8, 4) is 5.75 Å². The quantitative estimate of drug-likeness (QED) is 0.727. The lowest BCUT2D eigenvalue weighted by Gasteiger charge is -2.35. The molecule has 0 bridgehead atoms. The van der Waals surface area contributed by atoms with Crippen LogP contribution in [-0.4, -0.2) is 44.4 Å². The SMILES string of the molecule is COc1cc2c(cc1NC(=O)[C@H](C)[NH+]1C[C@@H](C)O[C@H](C)C1)oc1ccccc12. The van der Waals surface area contributed by atoms with E-state index in [-0.39, 0.29) is 24.2 Å². The smallest absolute Gasteiger partial charge is 0.282 e. The molecule has 3 aromatic rings. The first kappa shape index (κ1) is 18.8. The van der Waals surface area contributed by atoms with Crippen LogP contribution in [0.3, 0.4) is 0 Å². The third-order valence-electron chi connectivity index (χ3n) is 5.53. The highest BCUT2D eigenvalue weighted by Gasteiger charge is 2.33. The fourth-order valence-corrected chi connectivity index (χ4v) is 4.11. The second-order valence-electron chi connectivity index (χ2n) is 7.68. The summed E-state index contributed by atoms with van der Waals surface area (Å²) in [6, 6.07) is 11.5. The molecule has 28 heavy (non-hydrogen) atoms. The number of benzene rings is 2. The Morgan fingerprint density at radius 2 is 1.86 bits per heavy atom. The lowest BCUT2D eigenvalue weighted by Crippen LogP contribution is -3.19. The van der Waals surface area contributed by atoms with Crippen molar-refractivity contribution in [1.82, 2.24) is 0 Å². The maximum Gasteiger partial charge on any atom is 0.282 e. The molecule has 6 nitrogen and oxygen atoms in total. The summed E-state index contributed by atoms with van der Waals surface area (Å²) in [6.07, 6.45) is 0.297. The number of amides is 1. The molecule has 0 spiro atoms. The van der Waals surface area contributed by atoms with E-state index in [9.17, 15) is 4.79 Å². The summed E-state index contributed by atoms with van der Waals surface area (Å²) < 4.78 is 17.3. The molecular formula is C22H27N2O4+. The predicted molar refractivity (Wildman–Crippen MR) is 109 cm³/mol. The highest BCUT2D eigenvalue weighted by Crippen LogP contribution is 2.36. The van der Waals surface area contributed by atoms with Crippen molar-refractivity contribution < 1.29 is 23.6 Å². The van der Waals surface area contributed by atoms with Crippen LogP contribution in [-0.2, 0) is 9.53 Å². The van der Waals surface area contributed by atoms with Gasteiger partial charge in [-0.25, -0.2) is 0 Å². The van der Waals surface area contributed by atoms with Crippen LogP contribution >= 0.6 is 0 Å². The van der Waals surface area contributed by atoms with Crippen molar-refractivity contribution in [3.05, 3.63) is 36.4 Å². The van der Waals surface area contributed by atoms with E-state index < -0.39 is 0 Å². The maximum atomic E-state index is 12.9. The molecule has 1 amide bonds. The summed E-state index contributed by atoms with van der Waals surface area (Å²) in [5.41, 5.74) is 2.17. The number of quaternary nitrogens is 1. The van der Waals surface area contributed by atoms with Crippen molar-refractivity contribution >= 4 is 33.5 Å². The summed E-state index contributed by atoms with van der Waals surface area (Å²) in [5, 5.41) is 5.04. The highest BCUT2D eigenvalue weighted by atomic mass is 16.5. The first-order valence-electron chi connectivity index (χ1n) is 9.76. The minimum absolute atomic E-state index is 0.0370. The van der Waals surface area contributed by atoms with Crippen LogP contribution < -0.4 is 15.0 Å². The van der Waals surface area contributed by atoms with E-state index in [0.717, 1.165) is 35.0 Å². The van der Waals surface area contributed by atoms with Gasteiger partial charge in [0.1, 0.15) is 42.2 Å². The fraction of sp³-hybridized carbons (Fsp3) is 0.409. The molecule has 1 aliphatic heterocycles. The largest absolute Gasteiger partial charge is 0.495 e. The number of ether oxygens (including phenoxy) is 2. The monoisotopic (exact) mass is 383 g/mol. The molecule has 1 aromatic heterocycles. The Hall–Kier alpha value is -2.57. The Kier molecular flexibility index (Phi) is 5.00. The van der Waals surface area contributed by atoms with E-state index in [2.05, 4.69) is 19.2 Å². The summed E-state index contributed by atoms with van der Waals surface area (Å²) >= 11 is 0. The number of methoxy groups -OCH3 is 1. The molecule has 2 heterocycles. The minimum Gasteiger partial charge on any atom is -0.495 e. The number of morpholine rings is 1. The number of furan rings is 1. The van der Waals surface area contributed by atoms with Crippen molar-refractivity contribution in [2.75, 3.05) is 25.5 Å². The van der Waals surface area contributed by atoms with Crippen LogP contribution in [0.5, 0.6) is 5.75 Å². The topological polar surface area (TPSA) is 65.1 Å². The van der Waals surface area contributed by atoms with Crippen molar-refractivity contribution in [3.63, 3.8) is 0 Å². The average Bonchev–Trinajstić information content (AvgIpc) is 3.03. The van der Waals surface area contributed by atoms with E-state index in [1.54, 1.807) is 7.11 Å². The minimum atomic E-state index is -0.190. The van der Waals surface area contributed by atoms with Gasteiger partial charge in [-0.05, 0) is 32.9 Å². The summed E-state index contributed by atoms with van der Waals surface area (Å²) in [7, 11) is 1.61. The second-order valence-corrected chi connectivity index (χ2v) is 7.68. The van der Waals surface area contributed by atoms with Gasteiger partial charge >= 0.3 is 0 Å². The van der Waals surface area contributed by atoms with Gasteiger partial charge in [0.2, 0.25) is 0 Å². The average molecular weight is 383 g/mol. The molecule has 1 aliphatic rings. The lowest BCUT2D eigenvalue weighted by molar-refractivity contribution is -0.928. The van der Waals surface area contributed by atoms with Gasteiger partial charge in [-0.3, -0.25) is 4.79 Å². The van der Waals surface area contributed by atoms with Crippen LogP contribution in [0.15, 0.2) is 40.8 Å². The molecule has 0 radical (unpaired) electrons. The van der Waals surface area contributed by atoms with Gasteiger partial charge in [0, 0.05) is 16.8 Å². The van der Waals surface area contributed by atoms with Gasteiger partial charge in [0.25, 0.3) is 5.91 Å². The number of rotatable bonds is 4. The number of carbonyl (C=O) groups excluding carboxylic acids is 1. The Bertz CT molecular complexity index is 1000. The fourth-order valence-electron chi connectivity index (χ4n) is 4.11. The zero-order valence-corrected chi connectivity index (χ0v) is 16.7. The van der Waals surface area contributed by atoms with Crippen molar-refractivity contribution in [2.24, 2.45) is 0 Å². The van der Waals surface area contributed by atoms with Gasteiger partial charge in [-0.2, -0.15) is 0 Å². The number of anilines is 1. The van der Waals surface area contributed by atoms with Crippen LogP contribution in [0, 0.1) is 0 Å². The Labute approximate surface area is 164 Å². The van der Waals surface area contributed by atoms with E-state index in [1.807, 2.05) is 43.3 Å². The van der Waals surface area contributed by atoms with Gasteiger partial charge in [-0.15, -0.1) is 0 Å². The summed E-state index contributed by atoms with van der Waals surface area (Å²) in [4.78, 5) is 14.2. The molecular weight excluding hydrogens is 356 g/mol. The zero-order valence-electron chi connectivity index (χ0n) is 16.7. The molecule has 0 saturated carbocycles. The van der Waals surface area contributed by atoms with E-state index >= 15 is 0 Å². The number of fused-ring (bicyclic) bond motifs is 3. The van der Waals surface area contributed by atoms with E-state index in [1.165, 1.54) is 4.90 Å². The zero-order chi connectivity index (χ0) is 19.8. The van der Waals surface area contributed by atoms with Crippen LogP contribution in [0.1, 0.15) is 20.8 Å². The molecule has 0 aliphatic carbocycles. The highest BCUT2D eigenvalue weighted by molar-refractivity contribution is 6.08. The van der Waals surface area contributed by atoms with Gasteiger partial charge in [0.05, 0.1) is 12.8 Å². The van der Waals surface area contributed by atoms with Crippen LogP contribution in [0.25, 0.3) is 21.9 Å². The first-order valence-corrected chi connectivity index (χ1v) is 9.76. The molecule has 1 saturated heterocycles. The maximum absolute atomic E-state index is 12.9. The Morgan fingerprint density at radius 3 is 2.57 bits per heavy atom. The summed E-state index contributed by atoms with van der Waals surface area (Å²) in [6.45, 7) is 7.70. The number of para-hydroxylation sites is 1. The van der Waals surface area contributed by atoms with Gasteiger partial charge in [-0.1, -0.05) is 18.2 Å². The van der Waals surface area contributed by atoms with Gasteiger partial charge in [0.15, 0.2) is 6.04 Å². The third-order valence-corrected chi connectivity index (χ3v) is 5.53. The molecule has 6 heteroatoms. The molecule has 2 N–H and O–H groups in total. The first-order chi connectivity index (χ1) is 13.5. The van der Waals surface area contributed by atoms with E-state index in [0.29, 0.717) is 11.4 Å². The number of nitrogens with one attached hydrogen (secondary N) is 2. The normalized spacial score (nSPS) is 23.6. The predicted octanol–water partition coefficient (Wildman–Crippen LogP) is 2.61. The molecule has 2 aromatic carbocycles. The lowest BCUT2D eigenvalue weighted by atomic mass is 10.1. The van der Waals surface area contributed by atoms with E-state index in [4.69, 9.17) is 13.9 Å². The molecule has 1 fully saturated rings. The number of carbonyl (C=O) groups is 1.